The van der Waals surface area contributed by atoms with E-state index in [4.69, 9.17) is 0 Å². The molecule has 0 aromatic heterocycles. The fourth-order valence-corrected chi connectivity index (χ4v) is 0.345. The molecule has 0 spiro atoms. The van der Waals surface area contributed by atoms with Crippen LogP contribution in [0.1, 0.15) is 13.8 Å². The first kappa shape index (κ1) is 7.56. The van der Waals surface area contributed by atoms with Crippen molar-refractivity contribution < 1.29 is 9.53 Å². The third-order valence-corrected chi connectivity index (χ3v) is 0.927. The lowest BCUT2D eigenvalue weighted by Gasteiger charge is -2.02. The van der Waals surface area contributed by atoms with E-state index < -0.39 is 0 Å². The maximum Gasteiger partial charge on any atom is 0.303 e. The van der Waals surface area contributed by atoms with Gasteiger partial charge in [-0.1, -0.05) is 12.2 Å². The highest BCUT2D eigenvalue weighted by atomic mass is 32.1. The summed E-state index contributed by atoms with van der Waals surface area (Å²) in [6.07, 6.45) is -0.234. The van der Waals surface area contributed by atoms with Crippen molar-refractivity contribution in [1.82, 2.24) is 0 Å². The van der Waals surface area contributed by atoms with Gasteiger partial charge in [0.1, 0.15) is 6.10 Å². The van der Waals surface area contributed by atoms with E-state index in [1.54, 1.807) is 6.92 Å². The largest absolute Gasteiger partial charge is 0.458 e. The number of esters is 1. The van der Waals surface area contributed by atoms with Crippen LogP contribution in [0.15, 0.2) is 0 Å². The summed E-state index contributed by atoms with van der Waals surface area (Å²) < 4.78 is 4.60. The average molecular weight is 132 g/mol. The first-order valence-electron chi connectivity index (χ1n) is 2.29. The van der Waals surface area contributed by atoms with Gasteiger partial charge in [0.2, 0.25) is 0 Å². The zero-order valence-electron chi connectivity index (χ0n) is 4.88. The molecule has 0 aromatic rings. The molecule has 0 N–H and O–H groups in total. The van der Waals surface area contributed by atoms with Crippen LogP contribution in [-0.2, 0) is 9.53 Å². The zero-order chi connectivity index (χ0) is 6.57. The van der Waals surface area contributed by atoms with Gasteiger partial charge in [-0.05, 0) is 6.92 Å². The van der Waals surface area contributed by atoms with Gasteiger partial charge in [0, 0.05) is 12.3 Å². The minimum atomic E-state index is -0.293. The average Bonchev–Trinajstić information content (AvgIpc) is 1.65. The molecule has 0 aliphatic heterocycles. The van der Waals surface area contributed by atoms with Crippen LogP contribution in [0.2, 0.25) is 0 Å². The lowest BCUT2D eigenvalue weighted by molar-refractivity contribution is -0.142. The van der Waals surface area contributed by atoms with Gasteiger partial charge in [0.15, 0.2) is 0 Å². The summed E-state index contributed by atoms with van der Waals surface area (Å²) >= 11 is 4.49. The van der Waals surface area contributed by atoms with Gasteiger partial charge in [0.05, 0.1) is 0 Å². The van der Waals surface area contributed by atoms with Crippen LogP contribution in [0.25, 0.3) is 0 Å². The number of carbonyl (C=O) groups is 1. The maximum absolute atomic E-state index is 10.1. The first-order chi connectivity index (χ1) is 3.66. The fourth-order valence-electron chi connectivity index (χ4n) is 0.290. The van der Waals surface area contributed by atoms with Crippen LogP contribution in [-0.4, -0.2) is 17.4 Å². The minimum absolute atomic E-state index is 0.234. The Morgan fingerprint density at radius 3 is 2.50 bits per heavy atom. The highest BCUT2D eigenvalue weighted by Gasteiger charge is 1.97. The van der Waals surface area contributed by atoms with Crippen molar-refractivity contribution in [3.63, 3.8) is 0 Å². The van der Waals surface area contributed by atoms with Gasteiger partial charge in [-0.25, -0.2) is 0 Å². The van der Waals surface area contributed by atoms with Crippen molar-refractivity contribution in [3.8, 4) is 0 Å². The Bertz CT molecular complexity index is 101. The summed E-state index contributed by atoms with van der Waals surface area (Å²) in [4.78, 5) is 10.1. The molecule has 0 amide bonds. The van der Waals surface area contributed by atoms with E-state index in [0.29, 0.717) is 0 Å². The van der Waals surface area contributed by atoms with E-state index >= 15 is 0 Å². The molecule has 0 bridgehead atoms. The maximum atomic E-state index is 10.1. The Labute approximate surface area is 53.8 Å². The summed E-state index contributed by atoms with van der Waals surface area (Å²) in [5.41, 5.74) is 0. The van der Waals surface area contributed by atoms with E-state index in [1.165, 1.54) is 12.3 Å². The van der Waals surface area contributed by atoms with Gasteiger partial charge < -0.3 is 4.74 Å². The minimum Gasteiger partial charge on any atom is -0.458 e. The molecule has 0 radical (unpaired) electrons. The molecule has 0 heterocycles. The summed E-state index contributed by atoms with van der Waals surface area (Å²) in [5.74, 6) is -0.293. The van der Waals surface area contributed by atoms with Crippen molar-refractivity contribution in [1.29, 1.82) is 0 Å². The molecule has 0 fully saturated rings. The van der Waals surface area contributed by atoms with E-state index in [9.17, 15) is 4.79 Å². The Morgan fingerprint density at radius 1 is 1.88 bits per heavy atom. The normalized spacial score (nSPS) is 12.2. The molecule has 2 nitrogen and oxygen atoms in total. The lowest BCUT2D eigenvalue weighted by Crippen LogP contribution is -2.11. The highest BCUT2D eigenvalue weighted by Crippen LogP contribution is 1.85. The molecule has 46 valence electrons. The summed E-state index contributed by atoms with van der Waals surface area (Å²) in [7, 11) is 0. The molecule has 0 aliphatic rings. The van der Waals surface area contributed by atoms with Crippen LogP contribution in [0.5, 0.6) is 0 Å². The van der Waals surface area contributed by atoms with E-state index in [0.717, 1.165) is 0 Å². The predicted molar refractivity (Wildman–Crippen MR) is 34.9 cm³/mol. The Morgan fingerprint density at radius 2 is 2.38 bits per heavy atom. The molecule has 8 heavy (non-hydrogen) atoms. The molecule has 1 atom stereocenters. The SMILES string of the molecule is CC(=O)OC(C)C=S. The van der Waals surface area contributed by atoms with Crippen LogP contribution in [0.4, 0.5) is 0 Å². The van der Waals surface area contributed by atoms with E-state index in [1.807, 2.05) is 0 Å². The van der Waals surface area contributed by atoms with Crippen molar-refractivity contribution in [2.45, 2.75) is 20.0 Å². The second kappa shape index (κ2) is 3.55. The topological polar surface area (TPSA) is 26.3 Å². The van der Waals surface area contributed by atoms with Crippen LogP contribution in [0.3, 0.4) is 0 Å². The molecular formula is C5H8O2S. The molecule has 0 aromatic carbocycles. The second-order valence-electron chi connectivity index (χ2n) is 1.45. The summed E-state index contributed by atoms with van der Waals surface area (Å²) in [5, 5.41) is 1.40. The Hall–Kier alpha value is -0.440. The Kier molecular flexibility index (Phi) is 3.35. The third-order valence-electron chi connectivity index (χ3n) is 0.543. The first-order valence-corrected chi connectivity index (χ1v) is 2.76. The van der Waals surface area contributed by atoms with Crippen LogP contribution >= 0.6 is 12.2 Å². The number of ether oxygens (including phenoxy) is 1. The molecule has 0 aliphatic carbocycles. The van der Waals surface area contributed by atoms with Crippen LogP contribution in [0, 0.1) is 0 Å². The van der Waals surface area contributed by atoms with Crippen LogP contribution < -0.4 is 0 Å². The van der Waals surface area contributed by atoms with Gasteiger partial charge in [-0.3, -0.25) is 4.79 Å². The standard InChI is InChI=1S/C5H8O2S/c1-4(3-8)7-5(2)6/h3-4H,1-2H3. The number of carbonyl (C=O) groups excluding carboxylic acids is 1. The summed E-state index contributed by atoms with van der Waals surface area (Å²) in [6, 6.07) is 0. The Balaban J connectivity index is 3.38. The smallest absolute Gasteiger partial charge is 0.303 e. The van der Waals surface area contributed by atoms with Crippen molar-refractivity contribution >= 4 is 23.6 Å². The number of hydrogen-bond acceptors (Lipinski definition) is 3. The number of hydrogen-bond donors (Lipinski definition) is 0. The van der Waals surface area contributed by atoms with Crippen molar-refractivity contribution in [3.05, 3.63) is 0 Å². The van der Waals surface area contributed by atoms with Crippen molar-refractivity contribution in [2.75, 3.05) is 0 Å². The molecule has 0 rings (SSSR count). The van der Waals surface area contributed by atoms with Crippen molar-refractivity contribution in [2.24, 2.45) is 0 Å². The molecule has 1 unspecified atom stereocenters. The van der Waals surface area contributed by atoms with Gasteiger partial charge in [-0.2, -0.15) is 0 Å². The molecule has 3 heteroatoms. The molecule has 0 saturated heterocycles. The second-order valence-corrected chi connectivity index (χ2v) is 1.72. The summed E-state index contributed by atoms with van der Waals surface area (Å²) in [6.45, 7) is 3.07. The van der Waals surface area contributed by atoms with E-state index in [-0.39, 0.29) is 12.1 Å². The lowest BCUT2D eigenvalue weighted by atomic mass is 10.5. The zero-order valence-corrected chi connectivity index (χ0v) is 5.70. The fraction of sp³-hybridized carbons (Fsp3) is 0.600. The van der Waals surface area contributed by atoms with Gasteiger partial charge in [-0.15, -0.1) is 0 Å². The number of rotatable bonds is 2. The molecular weight excluding hydrogens is 124 g/mol. The predicted octanol–water partition coefficient (Wildman–Crippen LogP) is 0.938. The highest BCUT2D eigenvalue weighted by molar-refractivity contribution is 7.79. The van der Waals surface area contributed by atoms with Gasteiger partial charge in [0.25, 0.3) is 0 Å². The number of thiocarbonyl (C=S) groups is 1. The molecule has 0 saturated carbocycles. The third kappa shape index (κ3) is 3.74. The van der Waals surface area contributed by atoms with Gasteiger partial charge >= 0.3 is 5.97 Å². The monoisotopic (exact) mass is 132 g/mol. The quantitative estimate of drug-likeness (QED) is 0.413. The van der Waals surface area contributed by atoms with E-state index in [2.05, 4.69) is 17.0 Å².